The highest BCUT2D eigenvalue weighted by Crippen LogP contribution is 2.20. The lowest BCUT2D eigenvalue weighted by atomic mass is 10.0. The van der Waals surface area contributed by atoms with Crippen LogP contribution in [0, 0.1) is 0 Å². The van der Waals surface area contributed by atoms with Crippen LogP contribution in [0.2, 0.25) is 5.02 Å². The molecule has 0 bridgehead atoms. The van der Waals surface area contributed by atoms with Gasteiger partial charge in [-0.15, -0.1) is 0 Å². The average Bonchev–Trinajstić information content (AvgIpc) is 2.45. The van der Waals surface area contributed by atoms with E-state index in [4.69, 9.17) is 22.1 Å². The molecule has 4 heteroatoms. The predicted octanol–water partition coefficient (Wildman–Crippen LogP) is 2.84. The third kappa shape index (κ3) is 4.46. The summed E-state index contributed by atoms with van der Waals surface area (Å²) in [5, 5.41) is 0.755. The van der Waals surface area contributed by atoms with Gasteiger partial charge in [0.1, 0.15) is 0 Å². The molecule has 2 atom stereocenters. The Bertz CT molecular complexity index is 399. The van der Waals surface area contributed by atoms with Crippen LogP contribution in [0.25, 0.3) is 0 Å². The number of halogens is 1. The standard InChI is InChI=1S/C15H23ClN2O/c1-19-14-6-3-8-18(11-14)9-7-15(17)12-4-2-5-13(16)10-12/h2,4-5,10,14-15H,3,6-9,11,17H2,1H3. The minimum absolute atomic E-state index is 0.0571. The lowest BCUT2D eigenvalue weighted by Gasteiger charge is -2.32. The smallest absolute Gasteiger partial charge is 0.0698 e. The maximum Gasteiger partial charge on any atom is 0.0698 e. The van der Waals surface area contributed by atoms with Crippen molar-refractivity contribution in [3.63, 3.8) is 0 Å². The highest BCUT2D eigenvalue weighted by atomic mass is 35.5. The van der Waals surface area contributed by atoms with E-state index in [1.165, 1.54) is 12.8 Å². The van der Waals surface area contributed by atoms with Gasteiger partial charge >= 0.3 is 0 Å². The fourth-order valence-corrected chi connectivity index (χ4v) is 2.83. The van der Waals surface area contributed by atoms with E-state index in [0.717, 1.165) is 36.6 Å². The molecule has 0 aromatic heterocycles. The Balaban J connectivity index is 1.81. The van der Waals surface area contributed by atoms with E-state index >= 15 is 0 Å². The van der Waals surface area contributed by atoms with Gasteiger partial charge in [0.15, 0.2) is 0 Å². The zero-order valence-corrected chi connectivity index (χ0v) is 12.3. The molecule has 0 amide bonds. The summed E-state index contributed by atoms with van der Waals surface area (Å²) in [6, 6.07) is 7.90. The molecule has 2 unspecified atom stereocenters. The highest BCUT2D eigenvalue weighted by molar-refractivity contribution is 6.30. The number of rotatable bonds is 5. The van der Waals surface area contributed by atoms with E-state index in [-0.39, 0.29) is 6.04 Å². The summed E-state index contributed by atoms with van der Waals surface area (Å²) >= 11 is 5.99. The topological polar surface area (TPSA) is 38.5 Å². The van der Waals surface area contributed by atoms with Gasteiger partial charge in [-0.1, -0.05) is 23.7 Å². The van der Waals surface area contributed by atoms with Crippen LogP contribution in [0.5, 0.6) is 0 Å². The summed E-state index contributed by atoms with van der Waals surface area (Å²) in [6.45, 7) is 3.20. The van der Waals surface area contributed by atoms with Crippen molar-refractivity contribution >= 4 is 11.6 Å². The molecule has 0 aliphatic carbocycles. The molecule has 1 aliphatic rings. The minimum atomic E-state index is 0.0571. The molecule has 1 saturated heterocycles. The third-order valence-electron chi connectivity index (χ3n) is 3.83. The Kier molecular flexibility index (Phi) is 5.64. The van der Waals surface area contributed by atoms with Gasteiger partial charge in [0.25, 0.3) is 0 Å². The van der Waals surface area contributed by atoms with E-state index in [2.05, 4.69) is 4.90 Å². The molecular formula is C15H23ClN2O. The van der Waals surface area contributed by atoms with Crippen molar-refractivity contribution < 1.29 is 4.74 Å². The molecule has 1 heterocycles. The second-order valence-electron chi connectivity index (χ2n) is 5.25. The molecule has 1 aliphatic heterocycles. The number of nitrogens with two attached hydrogens (primary N) is 1. The lowest BCUT2D eigenvalue weighted by Crippen LogP contribution is -2.40. The molecular weight excluding hydrogens is 260 g/mol. The summed E-state index contributed by atoms with van der Waals surface area (Å²) in [7, 11) is 1.80. The average molecular weight is 283 g/mol. The maximum absolute atomic E-state index is 6.23. The summed E-state index contributed by atoms with van der Waals surface area (Å²) < 4.78 is 5.44. The van der Waals surface area contributed by atoms with Crippen LogP contribution in [0.4, 0.5) is 0 Å². The van der Waals surface area contributed by atoms with Gasteiger partial charge in [0.05, 0.1) is 6.10 Å². The van der Waals surface area contributed by atoms with E-state index in [9.17, 15) is 0 Å². The summed E-state index contributed by atoms with van der Waals surface area (Å²) in [6.07, 6.45) is 3.73. The summed E-state index contributed by atoms with van der Waals surface area (Å²) in [5.74, 6) is 0. The first-order chi connectivity index (χ1) is 9.19. The molecule has 1 fully saturated rings. The number of benzene rings is 1. The number of methoxy groups -OCH3 is 1. The first-order valence-corrected chi connectivity index (χ1v) is 7.33. The molecule has 106 valence electrons. The van der Waals surface area contributed by atoms with Crippen molar-refractivity contribution in [1.82, 2.24) is 4.90 Å². The van der Waals surface area contributed by atoms with Crippen LogP contribution >= 0.6 is 11.6 Å². The largest absolute Gasteiger partial charge is 0.380 e. The SMILES string of the molecule is COC1CCCN(CCC(N)c2cccc(Cl)c2)C1. The van der Waals surface area contributed by atoms with Gasteiger partial charge in [-0.25, -0.2) is 0 Å². The molecule has 19 heavy (non-hydrogen) atoms. The Morgan fingerprint density at radius 2 is 2.37 bits per heavy atom. The predicted molar refractivity (Wildman–Crippen MR) is 79.5 cm³/mol. The minimum Gasteiger partial charge on any atom is -0.380 e. The fraction of sp³-hybridized carbons (Fsp3) is 0.600. The van der Waals surface area contributed by atoms with Gasteiger partial charge in [0.2, 0.25) is 0 Å². The first-order valence-electron chi connectivity index (χ1n) is 6.95. The van der Waals surface area contributed by atoms with Gasteiger partial charge in [-0.05, 0) is 43.5 Å². The van der Waals surface area contributed by atoms with Gasteiger partial charge in [0, 0.05) is 31.3 Å². The van der Waals surface area contributed by atoms with E-state index in [0.29, 0.717) is 6.10 Å². The van der Waals surface area contributed by atoms with Crippen LogP contribution in [-0.4, -0.2) is 37.7 Å². The number of ether oxygens (including phenoxy) is 1. The number of hydrogen-bond acceptors (Lipinski definition) is 3. The van der Waals surface area contributed by atoms with Crippen LogP contribution in [0.3, 0.4) is 0 Å². The van der Waals surface area contributed by atoms with Crippen molar-refractivity contribution in [2.75, 3.05) is 26.7 Å². The van der Waals surface area contributed by atoms with Gasteiger partial charge in [-0.2, -0.15) is 0 Å². The molecule has 0 radical (unpaired) electrons. The van der Waals surface area contributed by atoms with Crippen molar-refractivity contribution in [3.8, 4) is 0 Å². The molecule has 1 aromatic carbocycles. The number of piperidine rings is 1. The maximum atomic E-state index is 6.23. The second kappa shape index (κ2) is 7.25. The quantitative estimate of drug-likeness (QED) is 0.902. The van der Waals surface area contributed by atoms with Crippen molar-refractivity contribution in [3.05, 3.63) is 34.9 Å². The van der Waals surface area contributed by atoms with Crippen molar-refractivity contribution in [1.29, 1.82) is 0 Å². The van der Waals surface area contributed by atoms with Crippen LogP contribution < -0.4 is 5.73 Å². The monoisotopic (exact) mass is 282 g/mol. The Hall–Kier alpha value is -0.610. The van der Waals surface area contributed by atoms with Gasteiger partial charge < -0.3 is 15.4 Å². The molecule has 1 aromatic rings. The van der Waals surface area contributed by atoms with E-state index < -0.39 is 0 Å². The summed E-state index contributed by atoms with van der Waals surface area (Å²) in [5.41, 5.74) is 7.35. The summed E-state index contributed by atoms with van der Waals surface area (Å²) in [4.78, 5) is 2.45. The molecule has 2 rings (SSSR count). The van der Waals surface area contributed by atoms with Crippen molar-refractivity contribution in [2.45, 2.75) is 31.4 Å². The number of nitrogens with zero attached hydrogens (tertiary/aromatic N) is 1. The Labute approximate surface area is 120 Å². The molecule has 0 saturated carbocycles. The zero-order valence-electron chi connectivity index (χ0n) is 11.5. The number of hydrogen-bond donors (Lipinski definition) is 1. The van der Waals surface area contributed by atoms with Crippen molar-refractivity contribution in [2.24, 2.45) is 5.73 Å². The third-order valence-corrected chi connectivity index (χ3v) is 4.06. The zero-order chi connectivity index (χ0) is 13.7. The highest BCUT2D eigenvalue weighted by Gasteiger charge is 2.19. The second-order valence-corrected chi connectivity index (χ2v) is 5.69. The first kappa shape index (κ1) is 14.8. The number of likely N-dealkylation sites (tertiary alicyclic amines) is 1. The molecule has 3 nitrogen and oxygen atoms in total. The normalized spacial score (nSPS) is 22.4. The molecule has 0 spiro atoms. The lowest BCUT2D eigenvalue weighted by molar-refractivity contribution is 0.0305. The van der Waals surface area contributed by atoms with E-state index in [1.807, 2.05) is 24.3 Å². The Morgan fingerprint density at radius 1 is 1.53 bits per heavy atom. The van der Waals surface area contributed by atoms with Crippen LogP contribution in [-0.2, 0) is 4.74 Å². The van der Waals surface area contributed by atoms with Crippen LogP contribution in [0.15, 0.2) is 24.3 Å². The van der Waals surface area contributed by atoms with Crippen LogP contribution in [0.1, 0.15) is 30.9 Å². The molecule has 2 N–H and O–H groups in total. The fourth-order valence-electron chi connectivity index (χ4n) is 2.63. The Morgan fingerprint density at radius 3 is 3.11 bits per heavy atom. The van der Waals surface area contributed by atoms with E-state index in [1.54, 1.807) is 7.11 Å². The van der Waals surface area contributed by atoms with Gasteiger partial charge in [-0.3, -0.25) is 0 Å².